The lowest BCUT2D eigenvalue weighted by Crippen LogP contribution is -2.43. The molecule has 0 heterocycles. The van der Waals surface area contributed by atoms with Gasteiger partial charge in [0.1, 0.15) is 6.54 Å². The molecule has 0 spiro atoms. The fourth-order valence-electron chi connectivity index (χ4n) is 0.566. The van der Waals surface area contributed by atoms with Crippen molar-refractivity contribution in [2.45, 2.75) is 6.18 Å². The predicted molar refractivity (Wildman–Crippen MR) is 44.1 cm³/mol. The third-order valence-corrected chi connectivity index (χ3v) is 1.32. The largest absolute Gasteiger partial charge is 0.471 e. The maximum absolute atomic E-state index is 11.7. The Hall–Kier alpha value is -1.80. The summed E-state index contributed by atoms with van der Waals surface area (Å²) in [5.41, 5.74) is 0. The first-order valence-electron chi connectivity index (χ1n) is 3.96. The van der Waals surface area contributed by atoms with Crippen molar-refractivity contribution in [3.8, 4) is 0 Å². The predicted octanol–water partition coefficient (Wildman–Crippen LogP) is -1.05. The van der Waals surface area contributed by atoms with E-state index in [2.05, 4.69) is 4.74 Å². The Morgan fingerprint density at radius 2 is 1.69 bits per heavy atom. The maximum atomic E-state index is 11.7. The van der Waals surface area contributed by atoms with E-state index >= 15 is 0 Å². The lowest BCUT2D eigenvalue weighted by Gasteiger charge is -2.07. The number of esters is 1. The highest BCUT2D eigenvalue weighted by atomic mass is 19.4. The third kappa shape index (κ3) is 5.83. The summed E-state index contributed by atoms with van der Waals surface area (Å²) in [6, 6.07) is 0. The molecule has 0 bridgehead atoms. The summed E-state index contributed by atoms with van der Waals surface area (Å²) >= 11 is 0. The second kappa shape index (κ2) is 5.93. The zero-order chi connectivity index (χ0) is 12.8. The quantitative estimate of drug-likeness (QED) is 0.616. The number of alkyl halides is 3. The molecule has 6 nitrogen and oxygen atoms in total. The fourth-order valence-corrected chi connectivity index (χ4v) is 0.566. The molecule has 2 amide bonds. The molecule has 0 aromatic carbocycles. The molecule has 2 N–H and O–H groups in total. The molecule has 0 unspecified atom stereocenters. The first-order chi connectivity index (χ1) is 7.27. The molecule has 0 aliphatic rings. The number of amides is 2. The number of carbonyl (C=O) groups excluding carboxylic acids is 3. The van der Waals surface area contributed by atoms with Gasteiger partial charge in [0.25, 0.3) is 0 Å². The molecule has 16 heavy (non-hydrogen) atoms. The van der Waals surface area contributed by atoms with E-state index in [0.717, 1.165) is 7.11 Å². The fraction of sp³-hybridized carbons (Fsp3) is 0.571. The van der Waals surface area contributed by atoms with Gasteiger partial charge in [-0.1, -0.05) is 0 Å². The van der Waals surface area contributed by atoms with E-state index < -0.39 is 37.0 Å². The van der Waals surface area contributed by atoms with Crippen LogP contribution in [0.25, 0.3) is 0 Å². The summed E-state index contributed by atoms with van der Waals surface area (Å²) in [7, 11) is 1.08. The van der Waals surface area contributed by atoms with Gasteiger partial charge >= 0.3 is 18.1 Å². The number of methoxy groups -OCH3 is 1. The average Bonchev–Trinajstić information content (AvgIpc) is 2.20. The van der Waals surface area contributed by atoms with Gasteiger partial charge in [0.05, 0.1) is 13.7 Å². The standard InChI is InChI=1S/C7H9F3N2O4/c1-16-5(14)3-11-4(13)2-12-6(15)7(8,9)10/h2-3H2,1H3,(H,11,13)(H,12,15). The zero-order valence-corrected chi connectivity index (χ0v) is 8.18. The van der Waals surface area contributed by atoms with Crippen molar-refractivity contribution in [2.24, 2.45) is 0 Å². The van der Waals surface area contributed by atoms with Crippen LogP contribution in [0.4, 0.5) is 13.2 Å². The number of rotatable bonds is 4. The Morgan fingerprint density at radius 3 is 2.12 bits per heavy atom. The zero-order valence-electron chi connectivity index (χ0n) is 8.18. The van der Waals surface area contributed by atoms with E-state index in [1.165, 1.54) is 5.32 Å². The van der Waals surface area contributed by atoms with Gasteiger partial charge in [0.15, 0.2) is 0 Å². The van der Waals surface area contributed by atoms with Crippen molar-refractivity contribution < 1.29 is 32.3 Å². The normalized spacial score (nSPS) is 10.5. The summed E-state index contributed by atoms with van der Waals surface area (Å²) < 4.78 is 39.1. The van der Waals surface area contributed by atoms with Crippen LogP contribution in [-0.2, 0) is 19.1 Å². The van der Waals surface area contributed by atoms with Gasteiger partial charge in [-0.15, -0.1) is 0 Å². The molecule has 92 valence electrons. The second-order valence-electron chi connectivity index (χ2n) is 2.53. The van der Waals surface area contributed by atoms with E-state index in [-0.39, 0.29) is 0 Å². The SMILES string of the molecule is COC(=O)CNC(=O)CNC(=O)C(F)(F)F. The van der Waals surface area contributed by atoms with E-state index in [9.17, 15) is 27.6 Å². The van der Waals surface area contributed by atoms with Crippen molar-refractivity contribution >= 4 is 17.8 Å². The van der Waals surface area contributed by atoms with Crippen LogP contribution in [-0.4, -0.2) is 44.2 Å². The Kier molecular flexibility index (Phi) is 5.26. The molecule has 0 atom stereocenters. The van der Waals surface area contributed by atoms with Crippen molar-refractivity contribution in [3.63, 3.8) is 0 Å². The van der Waals surface area contributed by atoms with Crippen LogP contribution in [0.5, 0.6) is 0 Å². The van der Waals surface area contributed by atoms with Gasteiger partial charge in [0, 0.05) is 0 Å². The molecule has 0 radical (unpaired) electrons. The number of halogens is 3. The second-order valence-corrected chi connectivity index (χ2v) is 2.53. The van der Waals surface area contributed by atoms with E-state index in [1.807, 2.05) is 5.32 Å². The molecular weight excluding hydrogens is 233 g/mol. The van der Waals surface area contributed by atoms with Crippen LogP contribution in [0.15, 0.2) is 0 Å². The average molecular weight is 242 g/mol. The number of hydrogen-bond acceptors (Lipinski definition) is 4. The molecule has 0 aromatic rings. The maximum Gasteiger partial charge on any atom is 0.471 e. The number of carbonyl (C=O) groups is 3. The van der Waals surface area contributed by atoms with Crippen LogP contribution in [0, 0.1) is 0 Å². The number of hydrogen-bond donors (Lipinski definition) is 2. The Balaban J connectivity index is 3.83. The van der Waals surface area contributed by atoms with Gasteiger partial charge in [0.2, 0.25) is 5.91 Å². The van der Waals surface area contributed by atoms with Crippen LogP contribution in [0.3, 0.4) is 0 Å². The van der Waals surface area contributed by atoms with Gasteiger partial charge in [-0.3, -0.25) is 14.4 Å². The lowest BCUT2D eigenvalue weighted by molar-refractivity contribution is -0.173. The Labute approximate surface area is 88.1 Å². The minimum Gasteiger partial charge on any atom is -0.468 e. The van der Waals surface area contributed by atoms with Gasteiger partial charge in [-0.2, -0.15) is 13.2 Å². The summed E-state index contributed by atoms with van der Waals surface area (Å²) in [4.78, 5) is 31.6. The number of ether oxygens (including phenoxy) is 1. The molecule has 9 heteroatoms. The highest BCUT2D eigenvalue weighted by Crippen LogP contribution is 2.13. The topological polar surface area (TPSA) is 84.5 Å². The molecular formula is C7H9F3N2O4. The minimum absolute atomic E-state index is 0.475. The Morgan fingerprint density at radius 1 is 1.12 bits per heavy atom. The molecule has 0 aromatic heterocycles. The van der Waals surface area contributed by atoms with Crippen molar-refractivity contribution in [3.05, 3.63) is 0 Å². The molecule has 0 aliphatic carbocycles. The van der Waals surface area contributed by atoms with E-state index in [0.29, 0.717) is 0 Å². The summed E-state index contributed by atoms with van der Waals surface area (Å²) in [5.74, 6) is -3.90. The van der Waals surface area contributed by atoms with Crippen LogP contribution < -0.4 is 10.6 Å². The van der Waals surface area contributed by atoms with Crippen molar-refractivity contribution in [1.29, 1.82) is 0 Å². The van der Waals surface area contributed by atoms with Crippen LogP contribution in [0.2, 0.25) is 0 Å². The molecule has 0 saturated carbocycles. The van der Waals surface area contributed by atoms with Crippen molar-refractivity contribution in [2.75, 3.05) is 20.2 Å². The van der Waals surface area contributed by atoms with E-state index in [4.69, 9.17) is 0 Å². The molecule has 0 rings (SSSR count). The summed E-state index contributed by atoms with van der Waals surface area (Å²) in [6.45, 7) is -1.34. The summed E-state index contributed by atoms with van der Waals surface area (Å²) in [5, 5.41) is 3.28. The monoisotopic (exact) mass is 242 g/mol. The van der Waals surface area contributed by atoms with E-state index in [1.54, 1.807) is 0 Å². The smallest absolute Gasteiger partial charge is 0.468 e. The highest BCUT2D eigenvalue weighted by molar-refractivity contribution is 5.88. The summed E-state index contributed by atoms with van der Waals surface area (Å²) in [6.07, 6.45) is -5.04. The lowest BCUT2D eigenvalue weighted by atomic mass is 10.5. The third-order valence-electron chi connectivity index (χ3n) is 1.32. The van der Waals surface area contributed by atoms with Gasteiger partial charge in [-0.25, -0.2) is 0 Å². The number of nitrogens with one attached hydrogen (secondary N) is 2. The first-order valence-corrected chi connectivity index (χ1v) is 3.96. The van der Waals surface area contributed by atoms with Crippen molar-refractivity contribution in [1.82, 2.24) is 10.6 Å². The van der Waals surface area contributed by atoms with Gasteiger partial charge < -0.3 is 15.4 Å². The highest BCUT2D eigenvalue weighted by Gasteiger charge is 2.38. The Bertz CT molecular complexity index is 290. The van der Waals surface area contributed by atoms with Gasteiger partial charge in [-0.05, 0) is 0 Å². The van der Waals surface area contributed by atoms with Crippen LogP contribution >= 0.6 is 0 Å². The first kappa shape index (κ1) is 14.2. The molecule has 0 aliphatic heterocycles. The molecule has 0 fully saturated rings. The molecule has 0 saturated heterocycles. The minimum atomic E-state index is -5.04. The van der Waals surface area contributed by atoms with Crippen LogP contribution in [0.1, 0.15) is 0 Å².